The average Bonchev–Trinajstić information content (AvgIpc) is 2.32. The Balaban J connectivity index is 2.27. The molecule has 0 N–H and O–H groups in total. The molecule has 0 saturated heterocycles. The molecule has 2 nitrogen and oxygen atoms in total. The third kappa shape index (κ3) is 2.55. The van der Waals surface area contributed by atoms with Crippen LogP contribution < -0.4 is 0 Å². The predicted octanol–water partition coefficient (Wildman–Crippen LogP) is 4.43. The topological polar surface area (TPSA) is 26.3 Å². The van der Waals surface area contributed by atoms with Crippen LogP contribution in [0.2, 0.25) is 0 Å². The van der Waals surface area contributed by atoms with Gasteiger partial charge in [-0.3, -0.25) is 4.79 Å². The molecule has 2 aliphatic carbocycles. The molecule has 0 spiro atoms. The normalized spacial score (nSPS) is 41.4. The average molecular weight is 266 g/mol. The molecule has 0 aromatic carbocycles. The highest BCUT2D eigenvalue weighted by Crippen LogP contribution is 2.61. The quantitative estimate of drug-likeness (QED) is 0.691. The number of carbonyl (C=O) groups is 1. The van der Waals surface area contributed by atoms with Crippen LogP contribution in [0, 0.1) is 28.6 Å². The summed E-state index contributed by atoms with van der Waals surface area (Å²) in [6.07, 6.45) is 7.15. The zero-order valence-corrected chi connectivity index (χ0v) is 13.3. The van der Waals surface area contributed by atoms with Gasteiger partial charge in [0, 0.05) is 6.42 Å². The van der Waals surface area contributed by atoms with Crippen molar-refractivity contribution in [1.29, 1.82) is 0 Å². The van der Waals surface area contributed by atoms with Crippen molar-refractivity contribution in [2.75, 3.05) is 7.11 Å². The molecule has 2 heteroatoms. The summed E-state index contributed by atoms with van der Waals surface area (Å²) in [6, 6.07) is 0. The van der Waals surface area contributed by atoms with E-state index in [2.05, 4.69) is 27.7 Å². The molecule has 0 aromatic rings. The van der Waals surface area contributed by atoms with Gasteiger partial charge in [-0.1, -0.05) is 40.5 Å². The Morgan fingerprint density at radius 1 is 1.21 bits per heavy atom. The van der Waals surface area contributed by atoms with Crippen LogP contribution >= 0.6 is 0 Å². The maximum absolute atomic E-state index is 11.8. The van der Waals surface area contributed by atoms with Gasteiger partial charge in [0.15, 0.2) is 0 Å². The van der Waals surface area contributed by atoms with Crippen LogP contribution in [0.5, 0.6) is 0 Å². The van der Waals surface area contributed by atoms with Gasteiger partial charge in [0.1, 0.15) is 0 Å². The highest BCUT2D eigenvalue weighted by Gasteiger charge is 2.54. The van der Waals surface area contributed by atoms with Gasteiger partial charge in [0.2, 0.25) is 0 Å². The SMILES string of the molecule is COC(=O)CC1C(C)CCC2C(C)(C)CCC[C@]12C. The van der Waals surface area contributed by atoms with Crippen molar-refractivity contribution in [2.24, 2.45) is 28.6 Å². The van der Waals surface area contributed by atoms with Crippen LogP contribution in [-0.4, -0.2) is 13.1 Å². The van der Waals surface area contributed by atoms with Crippen LogP contribution in [0.15, 0.2) is 0 Å². The van der Waals surface area contributed by atoms with Crippen molar-refractivity contribution in [3.05, 3.63) is 0 Å². The summed E-state index contributed by atoms with van der Waals surface area (Å²) in [5.41, 5.74) is 0.759. The van der Waals surface area contributed by atoms with Gasteiger partial charge in [-0.2, -0.15) is 0 Å². The number of fused-ring (bicyclic) bond motifs is 1. The monoisotopic (exact) mass is 266 g/mol. The lowest BCUT2D eigenvalue weighted by molar-refractivity contribution is -0.150. The fraction of sp³-hybridized carbons (Fsp3) is 0.941. The summed E-state index contributed by atoms with van der Waals surface area (Å²) in [5, 5.41) is 0. The second-order valence-electron chi connectivity index (χ2n) is 7.84. The maximum atomic E-state index is 11.8. The van der Waals surface area contributed by atoms with Gasteiger partial charge in [-0.15, -0.1) is 0 Å². The third-order valence-corrected chi connectivity index (χ3v) is 6.33. The van der Waals surface area contributed by atoms with Gasteiger partial charge in [0.05, 0.1) is 7.11 Å². The molecule has 4 atom stereocenters. The Kier molecular flexibility index (Phi) is 3.99. The van der Waals surface area contributed by atoms with E-state index in [4.69, 9.17) is 4.74 Å². The largest absolute Gasteiger partial charge is 0.469 e. The number of esters is 1. The van der Waals surface area contributed by atoms with Gasteiger partial charge in [-0.25, -0.2) is 0 Å². The van der Waals surface area contributed by atoms with E-state index in [9.17, 15) is 4.79 Å². The molecule has 0 aliphatic heterocycles. The van der Waals surface area contributed by atoms with Crippen LogP contribution in [0.3, 0.4) is 0 Å². The van der Waals surface area contributed by atoms with Crippen LogP contribution in [-0.2, 0) is 9.53 Å². The highest BCUT2D eigenvalue weighted by molar-refractivity contribution is 5.69. The third-order valence-electron chi connectivity index (χ3n) is 6.33. The molecule has 2 fully saturated rings. The summed E-state index contributed by atoms with van der Waals surface area (Å²) in [5.74, 6) is 1.88. The molecule has 0 radical (unpaired) electrons. The van der Waals surface area contributed by atoms with Crippen LogP contribution in [0.1, 0.15) is 66.2 Å². The van der Waals surface area contributed by atoms with Gasteiger partial charge in [0.25, 0.3) is 0 Å². The Bertz CT molecular complexity index is 347. The fourth-order valence-corrected chi connectivity index (χ4v) is 5.31. The lowest BCUT2D eigenvalue weighted by Gasteiger charge is -2.59. The summed E-state index contributed by atoms with van der Waals surface area (Å²) in [6.45, 7) is 9.64. The van der Waals surface area contributed by atoms with E-state index in [-0.39, 0.29) is 5.97 Å². The van der Waals surface area contributed by atoms with Crippen molar-refractivity contribution < 1.29 is 9.53 Å². The maximum Gasteiger partial charge on any atom is 0.305 e. The lowest BCUT2D eigenvalue weighted by Crippen LogP contribution is -2.51. The molecule has 0 heterocycles. The minimum Gasteiger partial charge on any atom is -0.469 e. The van der Waals surface area contributed by atoms with E-state index in [0.717, 1.165) is 5.92 Å². The van der Waals surface area contributed by atoms with E-state index < -0.39 is 0 Å². The summed E-state index contributed by atoms with van der Waals surface area (Å²) in [4.78, 5) is 11.8. The zero-order chi connectivity index (χ0) is 14.3. The number of carbonyl (C=O) groups excluding carboxylic acids is 1. The molecule has 19 heavy (non-hydrogen) atoms. The Labute approximate surface area is 118 Å². The van der Waals surface area contributed by atoms with E-state index in [1.165, 1.54) is 39.2 Å². The first kappa shape index (κ1) is 14.9. The van der Waals surface area contributed by atoms with E-state index in [0.29, 0.717) is 29.1 Å². The molecule has 2 saturated carbocycles. The van der Waals surface area contributed by atoms with Gasteiger partial charge >= 0.3 is 5.97 Å². The number of rotatable bonds is 2. The standard InChI is InChI=1S/C17H30O2/c1-12-7-8-14-16(2,3)9-6-10-17(14,4)13(12)11-15(18)19-5/h12-14H,6-11H2,1-5H3/t12?,13?,14?,17-/m1/s1. The second kappa shape index (κ2) is 5.10. The summed E-state index contributed by atoms with van der Waals surface area (Å²) in [7, 11) is 1.51. The molecule has 2 aliphatic rings. The van der Waals surface area contributed by atoms with Crippen molar-refractivity contribution in [1.82, 2.24) is 0 Å². The molecule has 2 rings (SSSR count). The second-order valence-corrected chi connectivity index (χ2v) is 7.84. The molecule has 0 aromatic heterocycles. The smallest absolute Gasteiger partial charge is 0.305 e. The highest BCUT2D eigenvalue weighted by atomic mass is 16.5. The number of methoxy groups -OCH3 is 1. The lowest BCUT2D eigenvalue weighted by atomic mass is 9.46. The van der Waals surface area contributed by atoms with Crippen molar-refractivity contribution >= 4 is 5.97 Å². The minimum atomic E-state index is -0.0258. The zero-order valence-electron chi connectivity index (χ0n) is 13.3. The van der Waals surface area contributed by atoms with Crippen molar-refractivity contribution in [2.45, 2.75) is 66.2 Å². The first-order valence-corrected chi connectivity index (χ1v) is 7.88. The van der Waals surface area contributed by atoms with E-state index in [1.807, 2.05) is 0 Å². The Morgan fingerprint density at radius 2 is 1.89 bits per heavy atom. The molecule has 3 unspecified atom stereocenters. The predicted molar refractivity (Wildman–Crippen MR) is 77.8 cm³/mol. The minimum absolute atomic E-state index is 0.0258. The molecular weight excluding hydrogens is 236 g/mol. The molecular formula is C17H30O2. The van der Waals surface area contributed by atoms with Gasteiger partial charge < -0.3 is 4.74 Å². The number of hydrogen-bond acceptors (Lipinski definition) is 2. The van der Waals surface area contributed by atoms with Crippen LogP contribution in [0.4, 0.5) is 0 Å². The first-order chi connectivity index (χ1) is 8.81. The number of hydrogen-bond donors (Lipinski definition) is 0. The first-order valence-electron chi connectivity index (χ1n) is 7.88. The summed E-state index contributed by atoms with van der Waals surface area (Å²) >= 11 is 0. The molecule has 110 valence electrons. The van der Waals surface area contributed by atoms with Crippen LogP contribution in [0.25, 0.3) is 0 Å². The Hall–Kier alpha value is -0.530. The van der Waals surface area contributed by atoms with Gasteiger partial charge in [-0.05, 0) is 47.8 Å². The summed E-state index contributed by atoms with van der Waals surface area (Å²) < 4.78 is 4.94. The van der Waals surface area contributed by atoms with Crippen molar-refractivity contribution in [3.63, 3.8) is 0 Å². The van der Waals surface area contributed by atoms with Crippen molar-refractivity contribution in [3.8, 4) is 0 Å². The molecule has 0 bridgehead atoms. The van der Waals surface area contributed by atoms with E-state index >= 15 is 0 Å². The number of ether oxygens (including phenoxy) is 1. The molecule has 0 amide bonds. The fourth-order valence-electron chi connectivity index (χ4n) is 5.31. The Morgan fingerprint density at radius 3 is 2.53 bits per heavy atom. The van der Waals surface area contributed by atoms with E-state index in [1.54, 1.807) is 0 Å².